The van der Waals surface area contributed by atoms with Crippen LogP contribution in [0, 0.1) is 33.5 Å². The van der Waals surface area contributed by atoms with Gasteiger partial charge >= 0.3 is 0 Å². The van der Waals surface area contributed by atoms with Gasteiger partial charge in [0.05, 0.1) is 159 Å². The highest BCUT2D eigenvalue weighted by Gasteiger charge is 2.29. The number of fused-ring (bicyclic) bond motifs is 5. The van der Waals surface area contributed by atoms with Crippen molar-refractivity contribution in [3.8, 4) is 61.8 Å². The van der Waals surface area contributed by atoms with E-state index in [-0.39, 0.29) is 24.4 Å². The lowest BCUT2D eigenvalue weighted by atomic mass is 9.96. The number of amides is 1. The molecule has 1 amide bonds. The molecule has 28 nitrogen and oxygen atoms in total. The van der Waals surface area contributed by atoms with Gasteiger partial charge in [-0.05, 0) is 96.0 Å². The molecule has 0 atom stereocenters. The number of benzene rings is 4. The fourth-order valence-corrected chi connectivity index (χ4v) is 20.7. The molecule has 1 saturated carbocycles. The molecule has 2 saturated heterocycles. The second-order valence-corrected chi connectivity index (χ2v) is 36.0. The zero-order chi connectivity index (χ0) is 84.8. The Morgan fingerprint density at radius 2 is 0.935 bits per heavy atom. The van der Waals surface area contributed by atoms with E-state index in [0.29, 0.717) is 54.7 Å². The number of rotatable bonds is 20. The van der Waals surface area contributed by atoms with Crippen LogP contribution in [0.1, 0.15) is 101 Å². The topological polar surface area (TPSA) is 314 Å². The maximum atomic E-state index is 13.8. The molecule has 16 aromatic rings. The minimum atomic E-state index is -0.435. The van der Waals surface area contributed by atoms with Crippen molar-refractivity contribution in [2.45, 2.75) is 110 Å². The average Bonchev–Trinajstić information content (AvgIpc) is 1.63. The molecule has 20 rings (SSSR count). The van der Waals surface area contributed by atoms with Crippen LogP contribution >= 0.6 is 56.9 Å². The number of anilines is 8. The molecule has 0 unspecified atom stereocenters. The zero-order valence-corrected chi connectivity index (χ0v) is 73.0. The number of aromatic nitrogens is 16. The van der Waals surface area contributed by atoms with E-state index < -0.39 is 6.61 Å². The highest BCUT2D eigenvalue weighted by molar-refractivity contribution is 7.20. The molecule has 3 fully saturated rings. The number of likely N-dealkylation sites (tertiary alicyclic amines) is 2. The summed E-state index contributed by atoms with van der Waals surface area (Å²) in [6, 6.07) is 27.9. The van der Waals surface area contributed by atoms with Gasteiger partial charge in [0.2, 0.25) is 29.7 Å². The van der Waals surface area contributed by atoms with Gasteiger partial charge in [0, 0.05) is 146 Å². The highest BCUT2D eigenvalue weighted by atomic mass is 35.5. The zero-order valence-electron chi connectivity index (χ0n) is 68.9. The minimum absolute atomic E-state index is 0.199. The lowest BCUT2D eigenvalue weighted by Gasteiger charge is -2.31. The molecule has 0 bridgehead atoms. The standard InChI is InChI=1S/C25H26N6O3S.C24H27FN6O2S.C23H25N5OS.C17H14ClN5S/c1-15-22(19-4-2-3-16-7-10-34-24(16)19)23-20(35-15)12-26-25(29-23)28-17-11-27-31(13-17)18-5-8-30(9-6-18)21(33)14-32;1-15-22(19-4-3-16(25)11-20(19)33-2)23-21(34-15)13-26-24(29-23)28-17-12-27-31(14-17)18-5-7-30(8-6-18)9-10-32;1-15-21(18-10-6-7-11-19(18)29-2)22-20(30-15)13-24-23(27-22)26-16-12-25-28(14-16)17-8-4-3-5-9-17;1-10-15(12-5-3-4-6-13(12)18)16-14(24-10)8-19-17(22-16)21-11-7-20-23(2)9-11/h2-4,11-13,18,32H,5-10,14H2,1H3,(H,26,28,29);3-4,11-14,18,32H,5-10H2,1-2H3,(H,26,28,29);6-7,10-14,17H,3-5,8-9H2,1-2H3,(H,24,26,27);3-9H,1-2H3,(H,19,21,22). The first-order valence-electron chi connectivity index (χ1n) is 40.9. The van der Waals surface area contributed by atoms with Gasteiger partial charge < -0.3 is 55.5 Å². The van der Waals surface area contributed by atoms with Crippen LogP contribution in [0.2, 0.25) is 5.02 Å². The maximum Gasteiger partial charge on any atom is 0.248 e. The molecule has 632 valence electrons. The summed E-state index contributed by atoms with van der Waals surface area (Å²) in [5.41, 5.74) is 16.4. The number of carbonyl (C=O) groups is 1. The summed E-state index contributed by atoms with van der Waals surface area (Å²) in [6.45, 7) is 12.7. The molecule has 1 aliphatic carbocycles. The predicted octanol–water partition coefficient (Wildman–Crippen LogP) is 19.0. The van der Waals surface area contributed by atoms with E-state index in [9.17, 15) is 9.18 Å². The average molecular weight is 1750 g/mol. The summed E-state index contributed by atoms with van der Waals surface area (Å²) in [6.07, 6.45) is 33.4. The molecule has 12 aromatic heterocycles. The molecule has 0 radical (unpaired) electrons. The number of nitrogens with zero attached hydrogens (tertiary/aromatic N) is 18. The van der Waals surface area contributed by atoms with Crippen molar-refractivity contribution in [1.29, 1.82) is 0 Å². The Morgan fingerprint density at radius 3 is 1.41 bits per heavy atom. The van der Waals surface area contributed by atoms with Crippen LogP contribution in [-0.2, 0) is 18.3 Å². The number of methoxy groups -OCH3 is 2. The Hall–Kier alpha value is -12.0. The number of aryl methyl sites for hydroxylation is 5. The summed E-state index contributed by atoms with van der Waals surface area (Å²) >= 11 is 13.1. The number of hydrogen-bond acceptors (Lipinski definition) is 27. The largest absolute Gasteiger partial charge is 0.496 e. The summed E-state index contributed by atoms with van der Waals surface area (Å²) in [5, 5.41) is 49.8. The van der Waals surface area contributed by atoms with Crippen molar-refractivity contribution in [2.24, 2.45) is 7.05 Å². The van der Waals surface area contributed by atoms with Crippen molar-refractivity contribution in [2.75, 3.05) is 88.0 Å². The van der Waals surface area contributed by atoms with Crippen LogP contribution in [0.3, 0.4) is 0 Å². The van der Waals surface area contributed by atoms with E-state index in [1.54, 1.807) is 86.7 Å². The first kappa shape index (κ1) is 83.3. The SMILES string of the molecule is COc1cc(F)ccc1-c1c(C)sc2cnc(Nc3cnn(C4CCN(CCO)CC4)c3)nc12.COc1ccccc1-c1c(C)sc2cnc(Nc3cnn(C4CCCCC4)c3)nc12.Cc1sc2cnc(Nc3cnn(C)c3)nc2c1-c1ccccc1Cl.Cc1sc2cnc(Nc3cnn(C4CCN(C(=O)CO)CC4)c3)nc2c1-c1cccc2c1OCC2. The van der Waals surface area contributed by atoms with E-state index in [1.807, 2.05) is 115 Å². The molecule has 4 aliphatic rings. The summed E-state index contributed by atoms with van der Waals surface area (Å²) in [4.78, 5) is 57.5. The monoisotopic (exact) mass is 1750 g/mol. The van der Waals surface area contributed by atoms with Crippen molar-refractivity contribution in [3.63, 3.8) is 0 Å². The normalized spacial score (nSPS) is 14.5. The number of hydrogen-bond donors (Lipinski definition) is 6. The van der Waals surface area contributed by atoms with Crippen molar-refractivity contribution < 1.29 is 33.6 Å². The van der Waals surface area contributed by atoms with Crippen molar-refractivity contribution in [1.82, 2.24) is 88.8 Å². The van der Waals surface area contributed by atoms with Gasteiger partial charge in [-0.15, -0.1) is 45.3 Å². The molecule has 3 aliphatic heterocycles. The van der Waals surface area contributed by atoms with Crippen LogP contribution in [0.15, 0.2) is 159 Å². The Labute approximate surface area is 729 Å². The number of nitrogens with one attached hydrogen (secondary N) is 4. The molecular formula is C89H92ClFN22O6S4. The minimum Gasteiger partial charge on any atom is -0.496 e. The number of ether oxygens (including phenoxy) is 3. The number of aliphatic hydroxyl groups excluding tert-OH is 2. The van der Waals surface area contributed by atoms with Gasteiger partial charge in [-0.25, -0.2) is 44.3 Å². The van der Waals surface area contributed by atoms with Crippen molar-refractivity contribution >= 4 is 150 Å². The lowest BCUT2D eigenvalue weighted by molar-refractivity contribution is -0.135. The van der Waals surface area contributed by atoms with E-state index in [2.05, 4.69) is 122 Å². The number of aliphatic hydroxyl groups is 2. The number of halogens is 2. The molecule has 0 spiro atoms. The van der Waals surface area contributed by atoms with Gasteiger partial charge in [0.15, 0.2) is 0 Å². The molecule has 123 heavy (non-hydrogen) atoms. The van der Waals surface area contributed by atoms with Crippen LogP contribution < -0.4 is 35.5 Å². The van der Waals surface area contributed by atoms with Gasteiger partial charge in [-0.3, -0.25) is 23.5 Å². The fraction of sp³-hybridized carbons (Fsp3) is 0.315. The molecule has 6 N–H and O–H groups in total. The second-order valence-electron chi connectivity index (χ2n) is 30.6. The van der Waals surface area contributed by atoms with Crippen molar-refractivity contribution in [3.05, 3.63) is 195 Å². The predicted molar refractivity (Wildman–Crippen MR) is 486 cm³/mol. The summed E-state index contributed by atoms with van der Waals surface area (Å²) < 4.78 is 42.6. The number of β-amino-alcohol motifs (C(OH)–C–C–N with tert-alkyl or cyclic N) is 1. The van der Waals surface area contributed by atoms with Gasteiger partial charge in [0.1, 0.15) is 29.7 Å². The number of carbonyl (C=O) groups excluding carboxylic acids is 1. The third kappa shape index (κ3) is 18.4. The van der Waals surface area contributed by atoms with E-state index in [4.69, 9.17) is 56.0 Å². The third-order valence-electron chi connectivity index (χ3n) is 22.5. The Kier molecular flexibility index (Phi) is 25.3. The summed E-state index contributed by atoms with van der Waals surface area (Å²) in [7, 11) is 5.11. The van der Waals surface area contributed by atoms with Gasteiger partial charge in [0.25, 0.3) is 0 Å². The maximum absolute atomic E-state index is 13.8. The fourth-order valence-electron chi connectivity index (χ4n) is 16.5. The Balaban J connectivity index is 0.000000117. The number of piperidine rings is 2. The molecule has 34 heteroatoms. The number of thiophene rings is 4. The van der Waals surface area contributed by atoms with E-state index in [0.717, 1.165) is 188 Å². The van der Waals surface area contributed by atoms with Crippen LogP contribution in [0.4, 0.5) is 50.9 Å². The first-order chi connectivity index (χ1) is 60.0. The Bertz CT molecular complexity index is 6450. The smallest absolute Gasteiger partial charge is 0.248 e. The van der Waals surface area contributed by atoms with E-state index >= 15 is 0 Å². The van der Waals surface area contributed by atoms with Crippen LogP contribution in [0.5, 0.6) is 17.2 Å². The number of para-hydroxylation sites is 2. The quantitative estimate of drug-likeness (QED) is 0.0413. The Morgan fingerprint density at radius 1 is 0.504 bits per heavy atom. The second kappa shape index (κ2) is 37.4. The van der Waals surface area contributed by atoms with E-state index in [1.165, 1.54) is 71.5 Å². The third-order valence-corrected chi connectivity index (χ3v) is 27.0. The molecular weight excluding hydrogens is 1660 g/mol. The van der Waals surface area contributed by atoms with Gasteiger partial charge in [-0.1, -0.05) is 85.5 Å². The first-order valence-corrected chi connectivity index (χ1v) is 44.6. The highest BCUT2D eigenvalue weighted by Crippen LogP contribution is 2.48. The lowest BCUT2D eigenvalue weighted by Crippen LogP contribution is -2.40. The van der Waals surface area contributed by atoms with Crippen LogP contribution in [-0.4, -0.2) is 172 Å². The molecule has 15 heterocycles. The van der Waals surface area contributed by atoms with Crippen LogP contribution in [0.25, 0.3) is 85.4 Å². The van der Waals surface area contributed by atoms with Gasteiger partial charge in [-0.2, -0.15) is 20.4 Å². The summed E-state index contributed by atoms with van der Waals surface area (Å²) in [5.74, 6) is 3.86. The molecule has 4 aromatic carbocycles.